The van der Waals surface area contributed by atoms with E-state index in [9.17, 15) is 26.4 Å². The number of carboxylic acid groups (broad SMARTS) is 1. The number of hydrogen-bond donors (Lipinski definition) is 1. The van der Waals surface area contributed by atoms with Gasteiger partial charge in [0, 0.05) is 12.6 Å². The van der Waals surface area contributed by atoms with E-state index >= 15 is 0 Å². The van der Waals surface area contributed by atoms with E-state index in [1.165, 1.54) is 6.07 Å². The number of rotatable bonds is 5. The number of aliphatic carboxylic acids is 1. The summed E-state index contributed by atoms with van der Waals surface area (Å²) in [5.41, 5.74) is 1.49. The monoisotopic (exact) mass is 449 g/mol. The first-order chi connectivity index (χ1) is 13.5. The van der Waals surface area contributed by atoms with E-state index in [1.54, 1.807) is 12.1 Å². The quantitative estimate of drug-likeness (QED) is 0.745. The number of ether oxygens (including phenoxy) is 1. The third-order valence-corrected chi connectivity index (χ3v) is 6.58. The van der Waals surface area contributed by atoms with Crippen LogP contribution in [0.4, 0.5) is 18.9 Å². The molecule has 0 unspecified atom stereocenters. The maximum absolute atomic E-state index is 13.2. The van der Waals surface area contributed by atoms with Crippen LogP contribution in [0.5, 0.6) is 5.75 Å². The van der Waals surface area contributed by atoms with Crippen molar-refractivity contribution in [3.63, 3.8) is 0 Å². The Kier molecular flexibility index (Phi) is 5.68. The summed E-state index contributed by atoms with van der Waals surface area (Å²) < 4.78 is 68.3. The van der Waals surface area contributed by atoms with E-state index in [2.05, 4.69) is 4.74 Å². The van der Waals surface area contributed by atoms with E-state index in [-0.39, 0.29) is 17.9 Å². The summed E-state index contributed by atoms with van der Waals surface area (Å²) in [6.07, 6.45) is -4.07. The van der Waals surface area contributed by atoms with Crippen molar-refractivity contribution >= 4 is 33.3 Å². The smallest absolute Gasteiger partial charge is 0.481 e. The van der Waals surface area contributed by atoms with Gasteiger partial charge < -0.3 is 9.84 Å². The van der Waals surface area contributed by atoms with Crippen molar-refractivity contribution in [2.45, 2.75) is 30.5 Å². The Morgan fingerprint density at radius 3 is 2.55 bits per heavy atom. The van der Waals surface area contributed by atoms with Crippen molar-refractivity contribution in [1.82, 2.24) is 0 Å². The summed E-state index contributed by atoms with van der Waals surface area (Å²) in [4.78, 5) is 10.6. The van der Waals surface area contributed by atoms with Crippen molar-refractivity contribution < 1.29 is 36.2 Å². The maximum atomic E-state index is 13.2. The number of alkyl halides is 3. The molecule has 1 N–H and O–H groups in total. The van der Waals surface area contributed by atoms with Crippen LogP contribution in [0, 0.1) is 0 Å². The number of benzene rings is 2. The second-order valence-corrected chi connectivity index (χ2v) is 8.59. The number of carbonyl (C=O) groups is 1. The molecular weight excluding hydrogens is 435 g/mol. The number of anilines is 1. The summed E-state index contributed by atoms with van der Waals surface area (Å²) in [7, 11) is -4.19. The van der Waals surface area contributed by atoms with Crippen LogP contribution in [-0.4, -0.2) is 32.4 Å². The number of nitrogens with zero attached hydrogens (tertiary/aromatic N) is 1. The molecule has 0 fully saturated rings. The Bertz CT molecular complexity index is 1060. The Balaban J connectivity index is 2.00. The topological polar surface area (TPSA) is 83.9 Å². The standard InChI is InChI=1S/C18H15ClF3NO5S/c19-14-10-13(28-18(20,21)22)5-6-16(14)29(26,27)23-7-1-2-12-4-3-11(8-15(12)23)9-17(24)25/h3-6,8,10H,1-2,7,9H2,(H,24,25). The van der Waals surface area contributed by atoms with E-state index < -0.39 is 33.1 Å². The first kappa shape index (κ1) is 21.3. The fourth-order valence-electron chi connectivity index (χ4n) is 3.13. The molecule has 1 aliphatic rings. The number of aryl methyl sites for hydroxylation is 1. The van der Waals surface area contributed by atoms with Crippen LogP contribution in [0.2, 0.25) is 5.02 Å². The lowest BCUT2D eigenvalue weighted by molar-refractivity contribution is -0.274. The summed E-state index contributed by atoms with van der Waals surface area (Å²) in [6.45, 7) is 0.128. The molecule has 2 aromatic carbocycles. The fourth-order valence-corrected chi connectivity index (χ4v) is 5.17. The Morgan fingerprint density at radius 1 is 1.21 bits per heavy atom. The number of carboxylic acids is 1. The molecule has 1 heterocycles. The van der Waals surface area contributed by atoms with Crippen LogP contribution in [0.15, 0.2) is 41.3 Å². The van der Waals surface area contributed by atoms with E-state index in [0.29, 0.717) is 24.1 Å². The third kappa shape index (κ3) is 4.76. The second kappa shape index (κ2) is 7.75. The molecule has 0 amide bonds. The van der Waals surface area contributed by atoms with Gasteiger partial charge in [-0.1, -0.05) is 23.7 Å². The van der Waals surface area contributed by atoms with Gasteiger partial charge >= 0.3 is 12.3 Å². The average Bonchev–Trinajstić information content (AvgIpc) is 2.59. The first-order valence-electron chi connectivity index (χ1n) is 8.39. The predicted molar refractivity (Wildman–Crippen MR) is 98.8 cm³/mol. The van der Waals surface area contributed by atoms with Crippen molar-refractivity contribution in [2.75, 3.05) is 10.8 Å². The Hall–Kier alpha value is -2.46. The van der Waals surface area contributed by atoms with Crippen LogP contribution in [0.1, 0.15) is 17.5 Å². The van der Waals surface area contributed by atoms with Crippen LogP contribution in [0.25, 0.3) is 0 Å². The molecule has 11 heteroatoms. The zero-order valence-corrected chi connectivity index (χ0v) is 16.3. The van der Waals surface area contributed by atoms with E-state index in [4.69, 9.17) is 16.7 Å². The fraction of sp³-hybridized carbons (Fsp3) is 0.278. The summed E-state index contributed by atoms with van der Waals surface area (Å²) in [6, 6.07) is 7.41. The highest BCUT2D eigenvalue weighted by Crippen LogP contribution is 2.36. The van der Waals surface area contributed by atoms with Gasteiger partial charge in [-0.05, 0) is 42.2 Å². The van der Waals surface area contributed by atoms with Crippen molar-refractivity contribution in [3.05, 3.63) is 52.5 Å². The van der Waals surface area contributed by atoms with Crippen LogP contribution in [0.3, 0.4) is 0 Å². The van der Waals surface area contributed by atoms with Crippen LogP contribution >= 0.6 is 11.6 Å². The predicted octanol–water partition coefficient (Wildman–Crippen LogP) is 4.01. The van der Waals surface area contributed by atoms with E-state index in [1.807, 2.05) is 0 Å². The second-order valence-electron chi connectivity index (χ2n) is 6.35. The Labute approximate surface area is 169 Å². The molecule has 0 spiro atoms. The highest BCUT2D eigenvalue weighted by molar-refractivity contribution is 7.93. The lowest BCUT2D eigenvalue weighted by atomic mass is 10.0. The maximum Gasteiger partial charge on any atom is 0.573 e. The zero-order chi connectivity index (χ0) is 21.4. The molecule has 0 bridgehead atoms. The molecule has 2 aromatic rings. The lowest BCUT2D eigenvalue weighted by Gasteiger charge is -2.31. The lowest BCUT2D eigenvalue weighted by Crippen LogP contribution is -2.35. The van der Waals surface area contributed by atoms with Gasteiger partial charge in [-0.15, -0.1) is 13.2 Å². The van der Waals surface area contributed by atoms with Gasteiger partial charge in [-0.2, -0.15) is 0 Å². The first-order valence-corrected chi connectivity index (χ1v) is 10.2. The zero-order valence-electron chi connectivity index (χ0n) is 14.7. The normalized spacial score (nSPS) is 14.4. The largest absolute Gasteiger partial charge is 0.573 e. The molecule has 0 atom stereocenters. The number of hydrogen-bond acceptors (Lipinski definition) is 4. The average molecular weight is 450 g/mol. The molecular formula is C18H15ClF3NO5S. The summed E-state index contributed by atoms with van der Waals surface area (Å²) >= 11 is 5.96. The van der Waals surface area contributed by atoms with Gasteiger partial charge in [0.05, 0.1) is 17.1 Å². The molecule has 6 nitrogen and oxygen atoms in total. The van der Waals surface area contributed by atoms with Gasteiger partial charge in [-0.25, -0.2) is 8.42 Å². The van der Waals surface area contributed by atoms with E-state index in [0.717, 1.165) is 28.1 Å². The van der Waals surface area contributed by atoms with Gasteiger partial charge in [0.2, 0.25) is 0 Å². The molecule has 156 valence electrons. The minimum Gasteiger partial charge on any atom is -0.481 e. The number of sulfonamides is 1. The molecule has 0 aliphatic carbocycles. The third-order valence-electron chi connectivity index (χ3n) is 4.29. The van der Waals surface area contributed by atoms with Gasteiger partial charge in [0.1, 0.15) is 10.6 Å². The van der Waals surface area contributed by atoms with Gasteiger partial charge in [0.25, 0.3) is 10.0 Å². The summed E-state index contributed by atoms with van der Waals surface area (Å²) in [5.74, 6) is -1.69. The van der Waals surface area contributed by atoms with Crippen LogP contribution in [-0.2, 0) is 27.7 Å². The molecule has 0 saturated heterocycles. The number of halogens is 4. The molecule has 3 rings (SSSR count). The van der Waals surface area contributed by atoms with Crippen molar-refractivity contribution in [1.29, 1.82) is 0 Å². The number of fused-ring (bicyclic) bond motifs is 1. The summed E-state index contributed by atoms with van der Waals surface area (Å²) in [5, 5.41) is 8.56. The minimum absolute atomic E-state index is 0.128. The molecule has 0 saturated carbocycles. The van der Waals surface area contributed by atoms with Gasteiger partial charge in [0.15, 0.2) is 0 Å². The highest BCUT2D eigenvalue weighted by atomic mass is 35.5. The highest BCUT2D eigenvalue weighted by Gasteiger charge is 2.34. The van der Waals surface area contributed by atoms with Crippen molar-refractivity contribution in [3.8, 4) is 5.75 Å². The Morgan fingerprint density at radius 2 is 1.93 bits per heavy atom. The van der Waals surface area contributed by atoms with Crippen LogP contribution < -0.4 is 9.04 Å². The SMILES string of the molecule is O=C(O)Cc1ccc2c(c1)N(S(=O)(=O)c1ccc(OC(F)(F)F)cc1Cl)CCC2. The minimum atomic E-state index is -4.93. The molecule has 29 heavy (non-hydrogen) atoms. The van der Waals surface area contributed by atoms with Crippen molar-refractivity contribution in [2.24, 2.45) is 0 Å². The van der Waals surface area contributed by atoms with Gasteiger partial charge in [-0.3, -0.25) is 9.10 Å². The molecule has 0 radical (unpaired) electrons. The molecule has 0 aromatic heterocycles. The molecule has 1 aliphatic heterocycles.